The van der Waals surface area contributed by atoms with Gasteiger partial charge in [-0.05, 0) is 50.4 Å². The van der Waals surface area contributed by atoms with E-state index >= 15 is 0 Å². The van der Waals surface area contributed by atoms with Crippen LogP contribution in [-0.2, 0) is 0 Å². The normalized spacial score (nSPS) is 16.5. The summed E-state index contributed by atoms with van der Waals surface area (Å²) in [5.74, 6) is 6.97. The van der Waals surface area contributed by atoms with E-state index in [1.807, 2.05) is 25.4 Å². The Morgan fingerprint density at radius 2 is 2.27 bits per heavy atom. The minimum Gasteiger partial charge on any atom is -0.390 e. The Hall–Kier alpha value is -2.78. The van der Waals surface area contributed by atoms with Gasteiger partial charge in [0.05, 0.1) is 0 Å². The van der Waals surface area contributed by atoms with Crippen molar-refractivity contribution in [2.75, 3.05) is 20.1 Å². The molecule has 1 aromatic rings. The molecule has 0 spiro atoms. The van der Waals surface area contributed by atoms with Crippen molar-refractivity contribution in [3.05, 3.63) is 53.9 Å². The molecule has 1 unspecified atom stereocenters. The first-order valence-electron chi connectivity index (χ1n) is 8.99. The van der Waals surface area contributed by atoms with E-state index in [1.54, 1.807) is 18.6 Å². The fraction of sp³-hybridized carbons (Fsp3) is 0.400. The summed E-state index contributed by atoms with van der Waals surface area (Å²) in [4.78, 5) is 10.3. The van der Waals surface area contributed by atoms with Gasteiger partial charge in [0.25, 0.3) is 0 Å². The molecule has 0 fully saturated rings. The summed E-state index contributed by atoms with van der Waals surface area (Å²) < 4.78 is 0. The molecule has 0 amide bonds. The Bertz CT molecular complexity index is 724. The first kappa shape index (κ1) is 19.5. The third kappa shape index (κ3) is 5.64. The Labute approximate surface area is 156 Å². The molecule has 6 heteroatoms. The van der Waals surface area contributed by atoms with Crippen LogP contribution in [0, 0.1) is 17.8 Å². The van der Waals surface area contributed by atoms with Crippen LogP contribution in [0.2, 0.25) is 0 Å². The Kier molecular flexibility index (Phi) is 7.72. The van der Waals surface area contributed by atoms with Gasteiger partial charge >= 0.3 is 0 Å². The van der Waals surface area contributed by atoms with Crippen molar-refractivity contribution in [1.29, 1.82) is 0 Å². The largest absolute Gasteiger partial charge is 0.390 e. The zero-order valence-electron chi connectivity index (χ0n) is 15.6. The topological polar surface area (TPSA) is 92.6 Å². The molecule has 1 aliphatic rings. The fourth-order valence-corrected chi connectivity index (χ4v) is 2.83. The molecule has 0 aliphatic carbocycles. The van der Waals surface area contributed by atoms with Crippen molar-refractivity contribution in [3.63, 3.8) is 0 Å². The second-order valence-corrected chi connectivity index (χ2v) is 6.24. The van der Waals surface area contributed by atoms with Crippen LogP contribution in [0.25, 0.3) is 0 Å². The predicted molar refractivity (Wildman–Crippen MR) is 107 cm³/mol. The van der Waals surface area contributed by atoms with Crippen LogP contribution in [0.3, 0.4) is 0 Å². The van der Waals surface area contributed by atoms with Gasteiger partial charge in [0.1, 0.15) is 17.2 Å². The van der Waals surface area contributed by atoms with Crippen LogP contribution >= 0.6 is 0 Å². The number of rotatable bonds is 7. The van der Waals surface area contributed by atoms with E-state index in [2.05, 4.69) is 39.0 Å². The molecule has 138 valence electrons. The molecule has 2 heterocycles. The number of aliphatic imine (C=N–C) groups is 1. The maximum Gasteiger partial charge on any atom is 0.150 e. The lowest BCUT2D eigenvalue weighted by Gasteiger charge is -2.29. The zero-order valence-corrected chi connectivity index (χ0v) is 15.6. The predicted octanol–water partition coefficient (Wildman–Crippen LogP) is 1.77. The number of hydrogen-bond acceptors (Lipinski definition) is 6. The highest BCUT2D eigenvalue weighted by Crippen LogP contribution is 2.20. The number of pyridine rings is 1. The molecule has 26 heavy (non-hydrogen) atoms. The minimum absolute atomic E-state index is 0.399. The SMILES string of the molecule is CCC(CCCNC)CN1C=CN=C(N)/C1=C(/N)C#Cc1cccnc1. The summed E-state index contributed by atoms with van der Waals surface area (Å²) in [6, 6.07) is 3.73. The summed E-state index contributed by atoms with van der Waals surface area (Å²) in [6.07, 6.45) is 10.4. The molecule has 1 atom stereocenters. The van der Waals surface area contributed by atoms with Crippen molar-refractivity contribution < 1.29 is 0 Å². The maximum atomic E-state index is 6.26. The molecule has 0 radical (unpaired) electrons. The standard InChI is InChI=1S/C20H28N6/c1-3-16(6-4-10-23-2)15-26-13-12-25-20(22)19(26)18(21)9-8-17-7-5-11-24-14-17/h5,7,11-14,16,23H,3-4,6,10,15,21H2,1-2H3,(H2,22,25)/b19-18-. The lowest BCUT2D eigenvalue weighted by molar-refractivity contribution is 0.336. The summed E-state index contributed by atoms with van der Waals surface area (Å²) in [5, 5.41) is 3.20. The van der Waals surface area contributed by atoms with Gasteiger partial charge in [-0.25, -0.2) is 4.99 Å². The van der Waals surface area contributed by atoms with Gasteiger partial charge < -0.3 is 21.7 Å². The second-order valence-electron chi connectivity index (χ2n) is 6.24. The van der Waals surface area contributed by atoms with Gasteiger partial charge in [0.15, 0.2) is 0 Å². The molecule has 1 aliphatic heterocycles. The van der Waals surface area contributed by atoms with Crippen LogP contribution in [-0.4, -0.2) is 35.9 Å². The number of nitrogens with zero attached hydrogens (tertiary/aromatic N) is 3. The van der Waals surface area contributed by atoms with E-state index in [0.717, 1.165) is 37.9 Å². The molecular weight excluding hydrogens is 324 g/mol. The highest BCUT2D eigenvalue weighted by Gasteiger charge is 2.20. The zero-order chi connectivity index (χ0) is 18.8. The molecule has 2 rings (SSSR count). The van der Waals surface area contributed by atoms with Crippen LogP contribution < -0.4 is 16.8 Å². The van der Waals surface area contributed by atoms with Crippen LogP contribution in [0.15, 0.2) is 53.3 Å². The van der Waals surface area contributed by atoms with Gasteiger partial charge in [-0.3, -0.25) is 4.98 Å². The molecule has 0 bridgehead atoms. The number of amidine groups is 1. The van der Waals surface area contributed by atoms with Gasteiger partial charge in [0.2, 0.25) is 0 Å². The average molecular weight is 352 g/mol. The molecule has 0 aromatic carbocycles. The van der Waals surface area contributed by atoms with Gasteiger partial charge in [-0.2, -0.15) is 0 Å². The van der Waals surface area contributed by atoms with Gasteiger partial charge in [0, 0.05) is 36.9 Å². The summed E-state index contributed by atoms with van der Waals surface area (Å²) in [7, 11) is 1.98. The monoisotopic (exact) mass is 352 g/mol. The van der Waals surface area contributed by atoms with E-state index in [1.165, 1.54) is 0 Å². The highest BCUT2D eigenvalue weighted by atomic mass is 15.2. The summed E-state index contributed by atoms with van der Waals surface area (Å²) in [5.41, 5.74) is 14.3. The van der Waals surface area contributed by atoms with Crippen LogP contribution in [0.4, 0.5) is 0 Å². The van der Waals surface area contributed by atoms with Crippen LogP contribution in [0.1, 0.15) is 31.7 Å². The van der Waals surface area contributed by atoms with E-state index in [9.17, 15) is 0 Å². The molecule has 0 saturated carbocycles. The number of aromatic nitrogens is 1. The highest BCUT2D eigenvalue weighted by molar-refractivity contribution is 5.98. The smallest absolute Gasteiger partial charge is 0.150 e. The third-order valence-corrected chi connectivity index (χ3v) is 4.32. The minimum atomic E-state index is 0.399. The van der Waals surface area contributed by atoms with Crippen molar-refractivity contribution in [3.8, 4) is 11.8 Å². The van der Waals surface area contributed by atoms with Gasteiger partial charge in [-0.15, -0.1) is 0 Å². The number of nitrogens with one attached hydrogen (secondary N) is 1. The average Bonchev–Trinajstić information content (AvgIpc) is 2.66. The van der Waals surface area contributed by atoms with Crippen molar-refractivity contribution >= 4 is 5.84 Å². The van der Waals surface area contributed by atoms with Crippen molar-refractivity contribution in [2.24, 2.45) is 22.4 Å². The first-order valence-corrected chi connectivity index (χ1v) is 8.99. The maximum absolute atomic E-state index is 6.26. The molecular formula is C20H28N6. The van der Waals surface area contributed by atoms with E-state index < -0.39 is 0 Å². The lowest BCUT2D eigenvalue weighted by Crippen LogP contribution is -2.35. The first-order chi connectivity index (χ1) is 12.7. The molecule has 1 aromatic heterocycles. The lowest BCUT2D eigenvalue weighted by atomic mass is 9.99. The Morgan fingerprint density at radius 1 is 1.42 bits per heavy atom. The van der Waals surface area contributed by atoms with Crippen molar-refractivity contribution in [1.82, 2.24) is 15.2 Å². The van der Waals surface area contributed by atoms with E-state index in [-0.39, 0.29) is 0 Å². The Balaban J connectivity index is 2.18. The number of allylic oxidation sites excluding steroid dienone is 1. The third-order valence-electron chi connectivity index (χ3n) is 4.32. The molecule has 6 nitrogen and oxygen atoms in total. The van der Waals surface area contributed by atoms with E-state index in [0.29, 0.717) is 23.1 Å². The number of nitrogens with two attached hydrogens (primary N) is 2. The number of hydrogen-bond donors (Lipinski definition) is 3. The summed E-state index contributed by atoms with van der Waals surface area (Å²) in [6.45, 7) is 4.08. The quantitative estimate of drug-likeness (QED) is 0.514. The van der Waals surface area contributed by atoms with E-state index in [4.69, 9.17) is 11.5 Å². The fourth-order valence-electron chi connectivity index (χ4n) is 2.83. The van der Waals surface area contributed by atoms with Crippen LogP contribution in [0.5, 0.6) is 0 Å². The molecule has 0 saturated heterocycles. The van der Waals surface area contributed by atoms with Crippen molar-refractivity contribution in [2.45, 2.75) is 26.2 Å². The second kappa shape index (κ2) is 10.3. The van der Waals surface area contributed by atoms with Gasteiger partial charge in [-0.1, -0.05) is 19.3 Å². The Morgan fingerprint density at radius 3 is 2.96 bits per heavy atom. The summed E-state index contributed by atoms with van der Waals surface area (Å²) >= 11 is 0. The molecule has 5 N–H and O–H groups in total.